The zero-order valence-corrected chi connectivity index (χ0v) is 11.1. The summed E-state index contributed by atoms with van der Waals surface area (Å²) in [6.07, 6.45) is 2.59. The zero-order chi connectivity index (χ0) is 14.7. The molecule has 1 unspecified atom stereocenters. The standard InChI is InChI=1S/C11H10N4O4S/c1-6(10-14-8(5-20-10)11(16)17)13-7-2-3-12-4-9(7)15(18)19/h2-6H,1H3,(H,12,13)(H,16,17). The summed E-state index contributed by atoms with van der Waals surface area (Å²) in [5.74, 6) is -1.10. The molecule has 0 amide bonds. The van der Waals surface area contributed by atoms with E-state index in [0.29, 0.717) is 10.7 Å². The van der Waals surface area contributed by atoms with Crippen LogP contribution in [0.3, 0.4) is 0 Å². The Kier molecular flexibility index (Phi) is 3.89. The summed E-state index contributed by atoms with van der Waals surface area (Å²) in [5, 5.41) is 24.6. The first kappa shape index (κ1) is 13.9. The predicted octanol–water partition coefficient (Wildman–Crippen LogP) is 2.32. The zero-order valence-electron chi connectivity index (χ0n) is 10.3. The lowest BCUT2D eigenvalue weighted by molar-refractivity contribution is -0.384. The van der Waals surface area contributed by atoms with E-state index in [9.17, 15) is 14.9 Å². The lowest BCUT2D eigenvalue weighted by Crippen LogP contribution is -2.09. The van der Waals surface area contributed by atoms with Gasteiger partial charge < -0.3 is 10.4 Å². The van der Waals surface area contributed by atoms with Gasteiger partial charge in [0.25, 0.3) is 0 Å². The fraction of sp³-hybridized carbons (Fsp3) is 0.182. The number of aromatic carboxylic acids is 1. The number of thiazole rings is 1. The topological polar surface area (TPSA) is 118 Å². The van der Waals surface area contributed by atoms with Crippen molar-refractivity contribution in [3.05, 3.63) is 44.7 Å². The van der Waals surface area contributed by atoms with Crippen LogP contribution in [0.5, 0.6) is 0 Å². The number of hydrogen-bond acceptors (Lipinski definition) is 7. The highest BCUT2D eigenvalue weighted by atomic mass is 32.1. The highest BCUT2D eigenvalue weighted by Gasteiger charge is 2.18. The van der Waals surface area contributed by atoms with Gasteiger partial charge in [-0.2, -0.15) is 0 Å². The number of pyridine rings is 1. The Morgan fingerprint density at radius 1 is 1.60 bits per heavy atom. The summed E-state index contributed by atoms with van der Waals surface area (Å²) in [4.78, 5) is 28.8. The van der Waals surface area contributed by atoms with Gasteiger partial charge in [-0.15, -0.1) is 11.3 Å². The van der Waals surface area contributed by atoms with Crippen molar-refractivity contribution in [1.29, 1.82) is 0 Å². The van der Waals surface area contributed by atoms with Crippen LogP contribution in [0.2, 0.25) is 0 Å². The van der Waals surface area contributed by atoms with Crippen LogP contribution >= 0.6 is 11.3 Å². The molecule has 104 valence electrons. The molecule has 0 saturated heterocycles. The number of carboxylic acid groups (broad SMARTS) is 1. The molecule has 2 heterocycles. The molecule has 1 atom stereocenters. The first-order valence-electron chi connectivity index (χ1n) is 5.52. The van der Waals surface area contributed by atoms with Crippen molar-refractivity contribution < 1.29 is 14.8 Å². The second-order valence-electron chi connectivity index (χ2n) is 3.89. The van der Waals surface area contributed by atoms with Crippen LogP contribution < -0.4 is 5.32 Å². The maximum absolute atomic E-state index is 10.9. The Balaban J connectivity index is 2.21. The van der Waals surface area contributed by atoms with E-state index in [1.807, 2.05) is 0 Å². The molecule has 9 heteroatoms. The van der Waals surface area contributed by atoms with E-state index in [0.717, 1.165) is 6.20 Å². The summed E-state index contributed by atoms with van der Waals surface area (Å²) in [5.41, 5.74) is 0.127. The van der Waals surface area contributed by atoms with E-state index in [-0.39, 0.29) is 17.4 Å². The molecule has 2 rings (SSSR count). The van der Waals surface area contributed by atoms with Gasteiger partial charge in [-0.3, -0.25) is 15.1 Å². The van der Waals surface area contributed by atoms with Gasteiger partial charge in [0.2, 0.25) is 0 Å². The third-order valence-corrected chi connectivity index (χ3v) is 3.51. The molecule has 20 heavy (non-hydrogen) atoms. The number of carbonyl (C=O) groups is 1. The van der Waals surface area contributed by atoms with Crippen molar-refractivity contribution in [1.82, 2.24) is 9.97 Å². The molecule has 2 N–H and O–H groups in total. The van der Waals surface area contributed by atoms with E-state index < -0.39 is 10.9 Å². The Labute approximate surface area is 117 Å². The predicted molar refractivity (Wildman–Crippen MR) is 72.0 cm³/mol. The third kappa shape index (κ3) is 2.88. The molecule has 0 aromatic carbocycles. The average molecular weight is 294 g/mol. The number of nitrogens with zero attached hydrogens (tertiary/aromatic N) is 3. The van der Waals surface area contributed by atoms with Gasteiger partial charge in [-0.05, 0) is 13.0 Å². The van der Waals surface area contributed by atoms with Gasteiger partial charge >= 0.3 is 11.7 Å². The number of rotatable bonds is 5. The minimum absolute atomic E-state index is 0.0390. The largest absolute Gasteiger partial charge is 0.476 e. The molecule has 8 nitrogen and oxygen atoms in total. The van der Waals surface area contributed by atoms with Crippen molar-refractivity contribution in [2.24, 2.45) is 0 Å². The Morgan fingerprint density at radius 2 is 2.35 bits per heavy atom. The molecular formula is C11H10N4O4S. The molecule has 0 aliphatic carbocycles. The molecule has 0 radical (unpaired) electrons. The number of nitrogens with one attached hydrogen (secondary N) is 1. The van der Waals surface area contributed by atoms with Crippen molar-refractivity contribution in [2.75, 3.05) is 5.32 Å². The molecule has 0 aliphatic heterocycles. The first-order chi connectivity index (χ1) is 9.49. The van der Waals surface area contributed by atoms with Crippen molar-refractivity contribution >= 4 is 28.7 Å². The Morgan fingerprint density at radius 3 is 2.95 bits per heavy atom. The summed E-state index contributed by atoms with van der Waals surface area (Å²) in [6, 6.07) is 1.13. The van der Waals surface area contributed by atoms with Crippen LogP contribution in [0.15, 0.2) is 23.8 Å². The number of aromatic nitrogens is 2. The molecule has 2 aromatic heterocycles. The molecule has 0 saturated carbocycles. The number of carboxylic acids is 1. The lowest BCUT2D eigenvalue weighted by atomic mass is 10.3. The Bertz CT molecular complexity index is 657. The van der Waals surface area contributed by atoms with Gasteiger partial charge in [0.05, 0.1) is 11.0 Å². The summed E-state index contributed by atoms with van der Waals surface area (Å²) in [6.45, 7) is 1.74. The summed E-state index contributed by atoms with van der Waals surface area (Å²) >= 11 is 1.18. The van der Waals surface area contributed by atoms with Crippen LogP contribution in [0.25, 0.3) is 0 Å². The third-order valence-electron chi connectivity index (χ3n) is 2.48. The van der Waals surface area contributed by atoms with E-state index in [4.69, 9.17) is 5.11 Å². The SMILES string of the molecule is CC(Nc1ccncc1[N+](=O)[O-])c1nc(C(=O)O)cs1. The molecular weight excluding hydrogens is 284 g/mol. The van der Waals surface area contributed by atoms with Crippen LogP contribution in [-0.2, 0) is 0 Å². The van der Waals surface area contributed by atoms with E-state index in [1.54, 1.807) is 6.92 Å². The summed E-state index contributed by atoms with van der Waals surface area (Å²) in [7, 11) is 0. The van der Waals surface area contributed by atoms with E-state index in [1.165, 1.54) is 29.0 Å². The van der Waals surface area contributed by atoms with Crippen molar-refractivity contribution in [2.45, 2.75) is 13.0 Å². The first-order valence-corrected chi connectivity index (χ1v) is 6.40. The van der Waals surface area contributed by atoms with Crippen molar-refractivity contribution in [3.63, 3.8) is 0 Å². The van der Waals surface area contributed by atoms with Gasteiger partial charge in [-0.25, -0.2) is 9.78 Å². The fourth-order valence-corrected chi connectivity index (χ4v) is 2.33. The van der Waals surface area contributed by atoms with E-state index >= 15 is 0 Å². The fourth-order valence-electron chi connectivity index (χ4n) is 1.53. The quantitative estimate of drug-likeness (QED) is 0.641. The minimum atomic E-state index is -1.10. The second-order valence-corrected chi connectivity index (χ2v) is 4.78. The highest BCUT2D eigenvalue weighted by molar-refractivity contribution is 7.09. The average Bonchev–Trinajstić information content (AvgIpc) is 2.89. The number of nitro groups is 1. The molecule has 0 fully saturated rings. The maximum atomic E-state index is 10.9. The van der Waals surface area contributed by atoms with Gasteiger partial charge in [-0.1, -0.05) is 0 Å². The number of anilines is 1. The molecule has 0 spiro atoms. The van der Waals surface area contributed by atoms with Gasteiger partial charge in [0.15, 0.2) is 5.69 Å². The lowest BCUT2D eigenvalue weighted by Gasteiger charge is -2.12. The molecule has 2 aromatic rings. The van der Waals surface area contributed by atoms with Gasteiger partial charge in [0, 0.05) is 11.6 Å². The summed E-state index contributed by atoms with van der Waals surface area (Å²) < 4.78 is 0. The molecule has 0 aliphatic rings. The van der Waals surface area contributed by atoms with Crippen LogP contribution in [0.1, 0.15) is 28.5 Å². The van der Waals surface area contributed by atoms with Crippen LogP contribution in [-0.4, -0.2) is 26.0 Å². The highest BCUT2D eigenvalue weighted by Crippen LogP contribution is 2.28. The second kappa shape index (κ2) is 5.61. The van der Waals surface area contributed by atoms with E-state index in [2.05, 4.69) is 15.3 Å². The monoisotopic (exact) mass is 294 g/mol. The normalized spacial score (nSPS) is 11.8. The smallest absolute Gasteiger partial charge is 0.355 e. The minimum Gasteiger partial charge on any atom is -0.476 e. The Hall–Kier alpha value is -2.55. The molecule has 0 bridgehead atoms. The number of hydrogen-bond donors (Lipinski definition) is 2. The van der Waals surface area contributed by atoms with Crippen LogP contribution in [0, 0.1) is 10.1 Å². The van der Waals surface area contributed by atoms with Crippen molar-refractivity contribution in [3.8, 4) is 0 Å². The maximum Gasteiger partial charge on any atom is 0.355 e. The van der Waals surface area contributed by atoms with Gasteiger partial charge in [0.1, 0.15) is 16.9 Å². The van der Waals surface area contributed by atoms with Crippen LogP contribution in [0.4, 0.5) is 11.4 Å².